The standard InChI is InChI=1S/C20H20F3N3O3/c21-20(22,23)13-29-19-15(7-4-8-24-19)10-25-18(28)16-9-17(27)26(12-16)11-14-5-2-1-3-6-14/h1-8,16H,9-13H2,(H,25,28). The number of nitrogens with one attached hydrogen (secondary N) is 1. The number of ether oxygens (including phenoxy) is 1. The molecule has 1 unspecified atom stereocenters. The van der Waals surface area contributed by atoms with Gasteiger partial charge in [-0.15, -0.1) is 0 Å². The van der Waals surface area contributed by atoms with Crippen LogP contribution in [0.4, 0.5) is 13.2 Å². The summed E-state index contributed by atoms with van der Waals surface area (Å²) in [6, 6.07) is 12.5. The van der Waals surface area contributed by atoms with Crippen LogP contribution in [0.1, 0.15) is 17.5 Å². The van der Waals surface area contributed by atoms with E-state index >= 15 is 0 Å². The van der Waals surface area contributed by atoms with Crippen LogP contribution in [0, 0.1) is 5.92 Å². The highest BCUT2D eigenvalue weighted by Gasteiger charge is 2.34. The van der Waals surface area contributed by atoms with Crippen LogP contribution in [0.15, 0.2) is 48.7 Å². The van der Waals surface area contributed by atoms with Crippen molar-refractivity contribution in [3.8, 4) is 5.88 Å². The van der Waals surface area contributed by atoms with Gasteiger partial charge in [-0.1, -0.05) is 36.4 Å². The second-order valence-corrected chi connectivity index (χ2v) is 6.75. The highest BCUT2D eigenvalue weighted by molar-refractivity contribution is 5.89. The molecule has 1 aliphatic heterocycles. The maximum absolute atomic E-state index is 12.5. The summed E-state index contributed by atoms with van der Waals surface area (Å²) in [5.74, 6) is -1.13. The lowest BCUT2D eigenvalue weighted by atomic mass is 10.1. The Hall–Kier alpha value is -3.10. The van der Waals surface area contributed by atoms with Crippen molar-refractivity contribution in [3.05, 3.63) is 59.8 Å². The molecule has 2 heterocycles. The van der Waals surface area contributed by atoms with Crippen molar-refractivity contribution >= 4 is 11.8 Å². The molecule has 0 bridgehead atoms. The van der Waals surface area contributed by atoms with E-state index in [0.29, 0.717) is 18.7 Å². The van der Waals surface area contributed by atoms with Crippen LogP contribution in [0.3, 0.4) is 0 Å². The normalized spacial score (nSPS) is 16.7. The van der Waals surface area contributed by atoms with E-state index in [0.717, 1.165) is 5.56 Å². The van der Waals surface area contributed by atoms with Gasteiger partial charge in [0.1, 0.15) is 0 Å². The number of benzene rings is 1. The lowest BCUT2D eigenvalue weighted by molar-refractivity contribution is -0.154. The zero-order valence-corrected chi connectivity index (χ0v) is 15.5. The number of hydrogen-bond acceptors (Lipinski definition) is 4. The van der Waals surface area contributed by atoms with E-state index in [2.05, 4.69) is 10.3 Å². The molecule has 29 heavy (non-hydrogen) atoms. The molecule has 2 amide bonds. The van der Waals surface area contributed by atoms with Gasteiger partial charge in [0.25, 0.3) is 0 Å². The average molecular weight is 407 g/mol. The Bertz CT molecular complexity index is 859. The van der Waals surface area contributed by atoms with Crippen LogP contribution in [0.25, 0.3) is 0 Å². The summed E-state index contributed by atoms with van der Waals surface area (Å²) >= 11 is 0. The second-order valence-electron chi connectivity index (χ2n) is 6.75. The average Bonchev–Trinajstić information content (AvgIpc) is 3.06. The molecule has 2 aromatic rings. The Labute approximate surface area is 165 Å². The van der Waals surface area contributed by atoms with Gasteiger partial charge in [-0.05, 0) is 11.6 Å². The van der Waals surface area contributed by atoms with Gasteiger partial charge in [-0.3, -0.25) is 9.59 Å². The summed E-state index contributed by atoms with van der Waals surface area (Å²) in [4.78, 5) is 30.1. The van der Waals surface area contributed by atoms with E-state index in [9.17, 15) is 22.8 Å². The number of carbonyl (C=O) groups excluding carboxylic acids is 2. The van der Waals surface area contributed by atoms with E-state index in [-0.39, 0.29) is 30.7 Å². The molecule has 154 valence electrons. The molecule has 0 saturated carbocycles. The first-order chi connectivity index (χ1) is 13.8. The third-order valence-corrected chi connectivity index (χ3v) is 4.48. The first kappa shape index (κ1) is 20.6. The number of aromatic nitrogens is 1. The predicted molar refractivity (Wildman–Crippen MR) is 97.6 cm³/mol. The van der Waals surface area contributed by atoms with E-state index in [4.69, 9.17) is 4.74 Å². The maximum atomic E-state index is 12.5. The summed E-state index contributed by atoms with van der Waals surface area (Å²) in [7, 11) is 0. The molecule has 1 N–H and O–H groups in total. The minimum absolute atomic E-state index is 0.0385. The summed E-state index contributed by atoms with van der Waals surface area (Å²) in [5.41, 5.74) is 1.30. The Kier molecular flexibility index (Phi) is 6.36. The molecule has 0 spiro atoms. The predicted octanol–water partition coefficient (Wildman–Crippen LogP) is 2.69. The van der Waals surface area contributed by atoms with Crippen LogP contribution in [-0.2, 0) is 22.7 Å². The lowest BCUT2D eigenvalue weighted by Gasteiger charge is -2.17. The largest absolute Gasteiger partial charge is 0.468 e. The summed E-state index contributed by atoms with van der Waals surface area (Å²) in [6.07, 6.45) is -3.07. The van der Waals surface area contributed by atoms with Gasteiger partial charge in [0.05, 0.1) is 5.92 Å². The molecule has 1 aliphatic rings. The molecular weight excluding hydrogens is 387 g/mol. The van der Waals surface area contributed by atoms with Crippen LogP contribution in [0.5, 0.6) is 5.88 Å². The van der Waals surface area contributed by atoms with E-state index in [1.807, 2.05) is 30.3 Å². The van der Waals surface area contributed by atoms with E-state index < -0.39 is 18.7 Å². The minimum Gasteiger partial charge on any atom is -0.468 e. The fourth-order valence-electron chi connectivity index (χ4n) is 3.07. The summed E-state index contributed by atoms with van der Waals surface area (Å²) in [6.45, 7) is -0.773. The lowest BCUT2D eigenvalue weighted by Crippen LogP contribution is -2.32. The highest BCUT2D eigenvalue weighted by atomic mass is 19.4. The first-order valence-corrected chi connectivity index (χ1v) is 9.04. The Balaban J connectivity index is 1.54. The Morgan fingerprint density at radius 1 is 1.21 bits per heavy atom. The number of nitrogens with zero attached hydrogens (tertiary/aromatic N) is 2. The van der Waals surface area contributed by atoms with Crippen LogP contribution >= 0.6 is 0 Å². The third kappa shape index (κ3) is 5.94. The zero-order chi connectivity index (χ0) is 20.9. The van der Waals surface area contributed by atoms with Gasteiger partial charge >= 0.3 is 6.18 Å². The zero-order valence-electron chi connectivity index (χ0n) is 15.5. The molecule has 1 fully saturated rings. The highest BCUT2D eigenvalue weighted by Crippen LogP contribution is 2.22. The van der Waals surface area contributed by atoms with Crippen molar-refractivity contribution in [1.29, 1.82) is 0 Å². The molecular formula is C20H20F3N3O3. The van der Waals surface area contributed by atoms with Crippen molar-refractivity contribution in [2.75, 3.05) is 13.2 Å². The Morgan fingerprint density at radius 3 is 2.69 bits per heavy atom. The van der Waals surface area contributed by atoms with Crippen molar-refractivity contribution in [2.45, 2.75) is 25.7 Å². The van der Waals surface area contributed by atoms with Crippen molar-refractivity contribution in [3.63, 3.8) is 0 Å². The number of pyridine rings is 1. The molecule has 1 aromatic carbocycles. The van der Waals surface area contributed by atoms with Crippen molar-refractivity contribution < 1.29 is 27.5 Å². The third-order valence-electron chi connectivity index (χ3n) is 4.48. The topological polar surface area (TPSA) is 71.5 Å². The monoisotopic (exact) mass is 407 g/mol. The number of hydrogen-bond donors (Lipinski definition) is 1. The fourth-order valence-corrected chi connectivity index (χ4v) is 3.07. The van der Waals surface area contributed by atoms with Gasteiger partial charge in [0, 0.05) is 37.8 Å². The number of carbonyl (C=O) groups is 2. The second kappa shape index (κ2) is 8.93. The van der Waals surface area contributed by atoms with E-state index in [1.165, 1.54) is 12.3 Å². The fraction of sp³-hybridized carbons (Fsp3) is 0.350. The molecule has 9 heteroatoms. The Morgan fingerprint density at radius 2 is 1.97 bits per heavy atom. The van der Waals surface area contributed by atoms with Gasteiger partial charge in [0.15, 0.2) is 6.61 Å². The first-order valence-electron chi connectivity index (χ1n) is 9.04. The number of halogens is 3. The quantitative estimate of drug-likeness (QED) is 0.766. The molecule has 1 saturated heterocycles. The van der Waals surface area contributed by atoms with Gasteiger partial charge < -0.3 is 15.0 Å². The van der Waals surface area contributed by atoms with Crippen LogP contribution < -0.4 is 10.1 Å². The smallest absolute Gasteiger partial charge is 0.422 e. The molecule has 3 rings (SSSR count). The molecule has 1 aromatic heterocycles. The molecule has 0 aliphatic carbocycles. The van der Waals surface area contributed by atoms with Gasteiger partial charge in [-0.2, -0.15) is 13.2 Å². The SMILES string of the molecule is O=C(NCc1cccnc1OCC(F)(F)F)C1CC(=O)N(Cc2ccccc2)C1. The summed E-state index contributed by atoms with van der Waals surface area (Å²) < 4.78 is 41.8. The summed E-state index contributed by atoms with van der Waals surface area (Å²) in [5, 5.41) is 2.66. The molecule has 6 nitrogen and oxygen atoms in total. The van der Waals surface area contributed by atoms with Gasteiger partial charge in [0.2, 0.25) is 17.7 Å². The number of rotatable bonds is 7. The van der Waals surface area contributed by atoms with Gasteiger partial charge in [-0.25, -0.2) is 4.98 Å². The van der Waals surface area contributed by atoms with Crippen molar-refractivity contribution in [2.24, 2.45) is 5.92 Å². The minimum atomic E-state index is -4.48. The number of amides is 2. The molecule has 0 radical (unpaired) electrons. The van der Waals surface area contributed by atoms with Crippen molar-refractivity contribution in [1.82, 2.24) is 15.2 Å². The molecule has 1 atom stereocenters. The number of alkyl halides is 3. The van der Waals surface area contributed by atoms with Crippen LogP contribution in [-0.4, -0.2) is 41.0 Å². The maximum Gasteiger partial charge on any atom is 0.422 e. The van der Waals surface area contributed by atoms with E-state index in [1.54, 1.807) is 11.0 Å². The van der Waals surface area contributed by atoms with Crippen LogP contribution in [0.2, 0.25) is 0 Å². The number of likely N-dealkylation sites (tertiary alicyclic amines) is 1.